The summed E-state index contributed by atoms with van der Waals surface area (Å²) in [4.78, 5) is 20.9. The van der Waals surface area contributed by atoms with E-state index in [1.165, 1.54) is 12.2 Å². The molecular weight excluding hydrogens is 555 g/mol. The first-order valence-electron chi connectivity index (χ1n) is 10.7. The summed E-state index contributed by atoms with van der Waals surface area (Å²) in [5.74, 6) is 0.884. The van der Waals surface area contributed by atoms with Gasteiger partial charge in [-0.25, -0.2) is 4.98 Å². The molecule has 0 saturated carbocycles. The number of amides is 1. The topological polar surface area (TPSA) is 93.2 Å². The molecule has 0 unspecified atom stereocenters. The molecule has 0 aliphatic heterocycles. The van der Waals surface area contributed by atoms with Gasteiger partial charge < -0.3 is 14.2 Å². The van der Waals surface area contributed by atoms with E-state index in [0.29, 0.717) is 60.5 Å². The highest BCUT2D eigenvalue weighted by molar-refractivity contribution is 7.80. The summed E-state index contributed by atoms with van der Waals surface area (Å²) in [5.41, 5.74) is 2.84. The number of thiocarbonyl (C=S) groups is 1. The number of carbonyl (C=O) groups is 1. The third-order valence-corrected chi connectivity index (χ3v) is 6.16. The Bertz CT molecular complexity index is 1650. The van der Waals surface area contributed by atoms with E-state index in [4.69, 9.17) is 55.9 Å². The molecule has 5 aromatic rings. The van der Waals surface area contributed by atoms with E-state index >= 15 is 0 Å². The van der Waals surface area contributed by atoms with Crippen molar-refractivity contribution in [3.63, 3.8) is 0 Å². The van der Waals surface area contributed by atoms with Crippen LogP contribution in [0.4, 0.5) is 5.69 Å². The summed E-state index contributed by atoms with van der Waals surface area (Å²) in [7, 11) is 0. The molecule has 5 rings (SSSR count). The van der Waals surface area contributed by atoms with E-state index in [-0.39, 0.29) is 5.11 Å². The minimum atomic E-state index is -0.445. The molecule has 1 amide bonds. The minimum Gasteiger partial charge on any atom is -0.457 e. The zero-order valence-electron chi connectivity index (χ0n) is 18.7. The predicted molar refractivity (Wildman–Crippen MR) is 150 cm³/mol. The Labute approximate surface area is 231 Å². The van der Waals surface area contributed by atoms with E-state index in [1.807, 2.05) is 0 Å². The van der Waals surface area contributed by atoms with E-state index in [0.717, 1.165) is 0 Å². The van der Waals surface area contributed by atoms with Crippen molar-refractivity contribution in [2.45, 2.75) is 0 Å². The van der Waals surface area contributed by atoms with Crippen LogP contribution in [-0.2, 0) is 4.79 Å². The number of rotatable bonds is 5. The maximum atomic E-state index is 12.4. The second-order valence-electron chi connectivity index (χ2n) is 7.64. The Balaban J connectivity index is 1.23. The molecule has 3 aromatic heterocycles. The average Bonchev–Trinajstić information content (AvgIpc) is 3.51. The van der Waals surface area contributed by atoms with E-state index in [1.54, 1.807) is 66.9 Å². The van der Waals surface area contributed by atoms with Gasteiger partial charge in [-0.1, -0.05) is 34.8 Å². The van der Waals surface area contributed by atoms with Crippen LogP contribution >= 0.6 is 47.0 Å². The Kier molecular flexibility index (Phi) is 7.25. The van der Waals surface area contributed by atoms with Gasteiger partial charge in [-0.05, 0) is 79.0 Å². The molecule has 0 aliphatic rings. The lowest BCUT2D eigenvalue weighted by Crippen LogP contribution is -2.32. The van der Waals surface area contributed by atoms with Gasteiger partial charge in [-0.3, -0.25) is 10.1 Å². The van der Waals surface area contributed by atoms with Crippen LogP contribution in [0.25, 0.3) is 40.1 Å². The van der Waals surface area contributed by atoms with Crippen LogP contribution in [-0.4, -0.2) is 21.0 Å². The summed E-state index contributed by atoms with van der Waals surface area (Å²) in [6, 6.07) is 17.2. The fourth-order valence-corrected chi connectivity index (χ4v) is 4.32. The number of benzene rings is 2. The first kappa shape index (κ1) is 25.0. The number of pyridine rings is 1. The lowest BCUT2D eigenvalue weighted by molar-refractivity contribution is -0.115. The van der Waals surface area contributed by atoms with Crippen molar-refractivity contribution in [3.8, 4) is 22.8 Å². The smallest absolute Gasteiger partial charge is 0.250 e. The molecule has 0 spiro atoms. The summed E-state index contributed by atoms with van der Waals surface area (Å²) < 4.78 is 11.5. The fraction of sp³-hybridized carbons (Fsp3) is 0. The highest BCUT2D eigenvalue weighted by Gasteiger charge is 2.14. The monoisotopic (exact) mass is 568 g/mol. The van der Waals surface area contributed by atoms with Gasteiger partial charge in [0.2, 0.25) is 11.8 Å². The summed E-state index contributed by atoms with van der Waals surface area (Å²) >= 11 is 23.8. The van der Waals surface area contributed by atoms with Crippen LogP contribution in [0.15, 0.2) is 81.8 Å². The molecule has 0 atom stereocenters. The quantitative estimate of drug-likeness (QED) is 0.166. The number of nitrogens with one attached hydrogen (secondary N) is 2. The van der Waals surface area contributed by atoms with Crippen molar-refractivity contribution in [1.82, 2.24) is 15.3 Å². The van der Waals surface area contributed by atoms with Crippen LogP contribution in [0.5, 0.6) is 0 Å². The Morgan fingerprint density at radius 1 is 0.946 bits per heavy atom. The molecule has 37 heavy (non-hydrogen) atoms. The number of anilines is 1. The number of hydrogen-bond acceptors (Lipinski definition) is 6. The Morgan fingerprint density at radius 2 is 1.81 bits per heavy atom. The van der Waals surface area contributed by atoms with Crippen LogP contribution in [0, 0.1) is 0 Å². The van der Waals surface area contributed by atoms with Crippen LogP contribution < -0.4 is 10.6 Å². The van der Waals surface area contributed by atoms with Crippen LogP contribution in [0.3, 0.4) is 0 Å². The molecule has 184 valence electrons. The number of halogens is 3. The zero-order valence-corrected chi connectivity index (χ0v) is 21.8. The maximum Gasteiger partial charge on any atom is 0.250 e. The molecule has 0 fully saturated rings. The highest BCUT2D eigenvalue weighted by Crippen LogP contribution is 2.33. The molecule has 0 aliphatic carbocycles. The minimum absolute atomic E-state index is 0.0928. The van der Waals surface area contributed by atoms with Crippen LogP contribution in [0.1, 0.15) is 5.76 Å². The first-order chi connectivity index (χ1) is 17.9. The van der Waals surface area contributed by atoms with Gasteiger partial charge in [0, 0.05) is 28.5 Å². The molecule has 0 saturated heterocycles. The number of aromatic nitrogens is 2. The standard InChI is InChI=1S/C26H15Cl3N4O3S/c27-14-3-7-17(20(29)12-14)21-9-5-16(35-21)6-10-23(34)32-26(37)31-15-4-8-19(28)18(13-15)25-33-24-22(36-25)2-1-11-30-24/h1-13H,(H2,31,32,34,37)/b10-6+. The second kappa shape index (κ2) is 10.7. The van der Waals surface area contributed by atoms with Gasteiger partial charge in [-0.15, -0.1) is 0 Å². The number of oxazole rings is 1. The largest absolute Gasteiger partial charge is 0.457 e. The maximum absolute atomic E-state index is 12.4. The van der Waals surface area contributed by atoms with E-state index in [2.05, 4.69) is 20.6 Å². The lowest BCUT2D eigenvalue weighted by Gasteiger charge is -2.09. The molecule has 7 nitrogen and oxygen atoms in total. The first-order valence-corrected chi connectivity index (χ1v) is 12.3. The summed E-state index contributed by atoms with van der Waals surface area (Å²) in [6.45, 7) is 0. The number of carbonyl (C=O) groups excluding carboxylic acids is 1. The predicted octanol–water partition coefficient (Wildman–Crippen LogP) is 7.64. The zero-order chi connectivity index (χ0) is 25.9. The van der Waals surface area contributed by atoms with Gasteiger partial charge in [-0.2, -0.15) is 4.98 Å². The molecule has 0 radical (unpaired) electrons. The average molecular weight is 570 g/mol. The van der Waals surface area contributed by atoms with E-state index < -0.39 is 5.91 Å². The van der Waals surface area contributed by atoms with Gasteiger partial charge in [0.25, 0.3) is 0 Å². The number of fused-ring (bicyclic) bond motifs is 1. The van der Waals surface area contributed by atoms with E-state index in [9.17, 15) is 4.79 Å². The normalized spacial score (nSPS) is 11.2. The molecule has 3 heterocycles. The van der Waals surface area contributed by atoms with Gasteiger partial charge >= 0.3 is 0 Å². The van der Waals surface area contributed by atoms with Crippen molar-refractivity contribution < 1.29 is 13.6 Å². The van der Waals surface area contributed by atoms with Crippen molar-refractivity contribution in [3.05, 3.63) is 93.8 Å². The lowest BCUT2D eigenvalue weighted by atomic mass is 10.2. The third-order valence-electron chi connectivity index (χ3n) is 5.08. The Morgan fingerprint density at radius 3 is 2.62 bits per heavy atom. The molecular formula is C26H15Cl3N4O3S. The molecule has 2 aromatic carbocycles. The second-order valence-corrected chi connectivity index (χ2v) is 9.30. The molecule has 0 bridgehead atoms. The molecule has 11 heteroatoms. The third kappa shape index (κ3) is 5.84. The van der Waals surface area contributed by atoms with Gasteiger partial charge in [0.15, 0.2) is 16.3 Å². The highest BCUT2D eigenvalue weighted by atomic mass is 35.5. The number of furan rings is 1. The van der Waals surface area contributed by atoms with Gasteiger partial charge in [0.1, 0.15) is 11.5 Å². The number of nitrogens with zero attached hydrogens (tertiary/aromatic N) is 2. The fourth-order valence-electron chi connectivity index (χ4n) is 3.40. The number of hydrogen-bond donors (Lipinski definition) is 2. The summed E-state index contributed by atoms with van der Waals surface area (Å²) in [6.07, 6.45) is 4.45. The van der Waals surface area contributed by atoms with Crippen molar-refractivity contribution >= 4 is 81.0 Å². The van der Waals surface area contributed by atoms with Crippen molar-refractivity contribution in [2.24, 2.45) is 0 Å². The van der Waals surface area contributed by atoms with Crippen LogP contribution in [0.2, 0.25) is 15.1 Å². The van der Waals surface area contributed by atoms with Gasteiger partial charge in [0.05, 0.1) is 15.6 Å². The van der Waals surface area contributed by atoms with Crippen molar-refractivity contribution in [2.75, 3.05) is 5.32 Å². The Hall–Kier alpha value is -3.69. The summed E-state index contributed by atoms with van der Waals surface area (Å²) in [5, 5.41) is 7.06. The van der Waals surface area contributed by atoms with Crippen molar-refractivity contribution in [1.29, 1.82) is 0 Å². The SMILES string of the molecule is O=C(/C=C/c1ccc(-c2ccc(Cl)cc2Cl)o1)NC(=S)Nc1ccc(Cl)c(-c2nc3ncccc3o2)c1. The molecule has 2 N–H and O–H groups in total.